The van der Waals surface area contributed by atoms with Crippen LogP contribution in [-0.4, -0.2) is 27.6 Å². The number of benzene rings is 1. The second-order valence-corrected chi connectivity index (χ2v) is 6.93. The summed E-state index contributed by atoms with van der Waals surface area (Å²) in [6, 6.07) is 8.29. The van der Waals surface area contributed by atoms with Crippen LogP contribution in [0.2, 0.25) is 0 Å². The van der Waals surface area contributed by atoms with Gasteiger partial charge in [-0.15, -0.1) is 11.3 Å². The van der Waals surface area contributed by atoms with Gasteiger partial charge in [-0.1, -0.05) is 12.1 Å². The lowest BCUT2D eigenvalue weighted by atomic mass is 10.3. The maximum absolute atomic E-state index is 4.78. The van der Waals surface area contributed by atoms with Crippen LogP contribution >= 0.6 is 11.3 Å². The average molecular weight is 312 g/mol. The second kappa shape index (κ2) is 5.72. The van der Waals surface area contributed by atoms with E-state index in [1.807, 2.05) is 23.7 Å². The van der Waals surface area contributed by atoms with Gasteiger partial charge in [-0.05, 0) is 31.9 Å². The van der Waals surface area contributed by atoms with Gasteiger partial charge in [0.1, 0.15) is 5.00 Å². The third-order valence-electron chi connectivity index (χ3n) is 4.30. The predicted molar refractivity (Wildman–Crippen MR) is 91.7 cm³/mol. The summed E-state index contributed by atoms with van der Waals surface area (Å²) in [5.74, 6) is 0. The smallest absolute Gasteiger partial charge is 0.114 e. The molecule has 1 saturated heterocycles. The number of imidazole rings is 1. The minimum absolute atomic E-state index is 0.937. The number of rotatable bonds is 4. The van der Waals surface area contributed by atoms with E-state index in [0.717, 1.165) is 18.5 Å². The summed E-state index contributed by atoms with van der Waals surface area (Å²) < 4.78 is 2.22. The number of hydrogen-bond acceptors (Lipinski definition) is 4. The van der Waals surface area contributed by atoms with E-state index in [1.165, 1.54) is 47.2 Å². The van der Waals surface area contributed by atoms with E-state index >= 15 is 0 Å². The van der Waals surface area contributed by atoms with Crippen molar-refractivity contribution in [2.75, 3.05) is 18.0 Å². The number of thiazole rings is 1. The Morgan fingerprint density at radius 3 is 2.86 bits per heavy atom. The summed E-state index contributed by atoms with van der Waals surface area (Å²) in [5, 5.41) is 2.61. The molecule has 1 fully saturated rings. The minimum atomic E-state index is 0.937. The van der Waals surface area contributed by atoms with Crippen molar-refractivity contribution in [2.45, 2.75) is 32.7 Å². The van der Waals surface area contributed by atoms with Crippen molar-refractivity contribution in [2.24, 2.45) is 0 Å². The minimum Gasteiger partial charge on any atom is -0.362 e. The van der Waals surface area contributed by atoms with Crippen molar-refractivity contribution in [1.82, 2.24) is 14.5 Å². The highest BCUT2D eigenvalue weighted by Crippen LogP contribution is 2.31. The Hall–Kier alpha value is -1.88. The molecule has 2 aromatic heterocycles. The number of aryl methyl sites for hydroxylation is 3. The Labute approximate surface area is 134 Å². The van der Waals surface area contributed by atoms with Crippen LogP contribution < -0.4 is 4.90 Å². The highest BCUT2D eigenvalue weighted by molar-refractivity contribution is 7.15. The molecule has 0 N–H and O–H groups in total. The van der Waals surface area contributed by atoms with Crippen LogP contribution in [0.4, 0.5) is 5.00 Å². The van der Waals surface area contributed by atoms with Crippen molar-refractivity contribution in [1.29, 1.82) is 0 Å². The Balaban J connectivity index is 1.51. The molecule has 0 radical (unpaired) electrons. The molecular formula is C17H20N4S. The molecule has 1 aliphatic heterocycles. The second-order valence-electron chi connectivity index (χ2n) is 5.87. The molecular weight excluding hydrogens is 292 g/mol. The van der Waals surface area contributed by atoms with Crippen LogP contribution in [0.25, 0.3) is 11.0 Å². The van der Waals surface area contributed by atoms with E-state index in [4.69, 9.17) is 4.98 Å². The summed E-state index contributed by atoms with van der Waals surface area (Å²) in [7, 11) is 0. The van der Waals surface area contributed by atoms with Gasteiger partial charge in [0, 0.05) is 26.1 Å². The monoisotopic (exact) mass is 312 g/mol. The molecule has 4 nitrogen and oxygen atoms in total. The molecule has 0 bridgehead atoms. The van der Waals surface area contributed by atoms with Gasteiger partial charge in [0.15, 0.2) is 0 Å². The molecule has 114 valence electrons. The maximum atomic E-state index is 4.78. The first kappa shape index (κ1) is 13.8. The van der Waals surface area contributed by atoms with E-state index in [2.05, 4.69) is 39.6 Å². The molecule has 3 aromatic rings. The number of nitrogens with zero attached hydrogens (tertiary/aromatic N) is 4. The van der Waals surface area contributed by atoms with Crippen LogP contribution in [0, 0.1) is 6.92 Å². The highest BCUT2D eigenvalue weighted by Gasteiger charge is 2.18. The van der Waals surface area contributed by atoms with Gasteiger partial charge in [-0.25, -0.2) is 9.97 Å². The van der Waals surface area contributed by atoms with Gasteiger partial charge in [0.2, 0.25) is 0 Å². The fourth-order valence-electron chi connectivity index (χ4n) is 3.17. The summed E-state index contributed by atoms with van der Waals surface area (Å²) in [6.45, 7) is 5.45. The molecule has 0 atom stereocenters. The quantitative estimate of drug-likeness (QED) is 0.737. The predicted octanol–water partition coefficient (Wildman–Crippen LogP) is 3.64. The van der Waals surface area contributed by atoms with E-state index in [1.54, 1.807) is 0 Å². The Morgan fingerprint density at radius 2 is 2.00 bits per heavy atom. The van der Waals surface area contributed by atoms with Gasteiger partial charge < -0.3 is 9.47 Å². The van der Waals surface area contributed by atoms with Crippen LogP contribution in [0.3, 0.4) is 0 Å². The fraction of sp³-hybridized carbons (Fsp3) is 0.412. The van der Waals surface area contributed by atoms with Crippen molar-refractivity contribution in [3.63, 3.8) is 0 Å². The van der Waals surface area contributed by atoms with Crippen molar-refractivity contribution >= 4 is 27.4 Å². The molecule has 0 unspecified atom stereocenters. The first-order valence-corrected chi connectivity index (χ1v) is 8.74. The zero-order valence-corrected chi connectivity index (χ0v) is 13.6. The molecule has 1 aliphatic rings. The number of anilines is 1. The zero-order valence-electron chi connectivity index (χ0n) is 12.8. The third kappa shape index (κ3) is 2.50. The molecule has 3 heterocycles. The van der Waals surface area contributed by atoms with E-state index in [9.17, 15) is 0 Å². The Morgan fingerprint density at radius 1 is 1.18 bits per heavy atom. The lowest BCUT2D eigenvalue weighted by Gasteiger charge is -2.14. The Bertz CT molecular complexity index is 783. The van der Waals surface area contributed by atoms with Crippen LogP contribution in [0.5, 0.6) is 0 Å². The van der Waals surface area contributed by atoms with Crippen molar-refractivity contribution < 1.29 is 0 Å². The van der Waals surface area contributed by atoms with Crippen LogP contribution in [0.15, 0.2) is 30.6 Å². The fourth-order valence-corrected chi connectivity index (χ4v) is 4.27. The van der Waals surface area contributed by atoms with Gasteiger partial charge in [0.05, 0.1) is 28.1 Å². The first-order chi connectivity index (χ1) is 10.8. The standard InChI is InChI=1S/C17H20N4S/c1-13-17(20-9-4-5-10-20)22-16(19-13)8-11-21-12-18-14-6-2-3-7-15(14)21/h2-3,6-7,12H,4-5,8-11H2,1H3. The Kier molecular flexibility index (Phi) is 3.58. The first-order valence-electron chi connectivity index (χ1n) is 7.92. The largest absolute Gasteiger partial charge is 0.362 e. The SMILES string of the molecule is Cc1nc(CCn2cnc3ccccc32)sc1N1CCCC1. The average Bonchev–Trinajstić information content (AvgIpc) is 3.24. The van der Waals surface area contributed by atoms with Gasteiger partial charge in [-0.2, -0.15) is 0 Å². The summed E-state index contributed by atoms with van der Waals surface area (Å²) in [4.78, 5) is 11.7. The van der Waals surface area contributed by atoms with E-state index in [0.29, 0.717) is 0 Å². The molecule has 22 heavy (non-hydrogen) atoms. The molecule has 0 spiro atoms. The summed E-state index contributed by atoms with van der Waals surface area (Å²) in [5.41, 5.74) is 3.46. The van der Waals surface area contributed by atoms with E-state index in [-0.39, 0.29) is 0 Å². The number of aromatic nitrogens is 3. The van der Waals surface area contributed by atoms with Crippen molar-refractivity contribution in [3.8, 4) is 0 Å². The van der Waals surface area contributed by atoms with E-state index < -0.39 is 0 Å². The number of para-hydroxylation sites is 2. The molecule has 0 aliphatic carbocycles. The van der Waals surface area contributed by atoms with Gasteiger partial charge in [0.25, 0.3) is 0 Å². The van der Waals surface area contributed by atoms with Crippen LogP contribution in [0.1, 0.15) is 23.5 Å². The van der Waals surface area contributed by atoms with Crippen LogP contribution in [-0.2, 0) is 13.0 Å². The summed E-state index contributed by atoms with van der Waals surface area (Å²) in [6.07, 6.45) is 5.54. The molecule has 5 heteroatoms. The lowest BCUT2D eigenvalue weighted by molar-refractivity contribution is 0.711. The number of fused-ring (bicyclic) bond motifs is 1. The third-order valence-corrected chi connectivity index (χ3v) is 5.58. The topological polar surface area (TPSA) is 34.0 Å². The lowest BCUT2D eigenvalue weighted by Crippen LogP contribution is -2.16. The zero-order chi connectivity index (χ0) is 14.9. The van der Waals surface area contributed by atoms with Gasteiger partial charge >= 0.3 is 0 Å². The van der Waals surface area contributed by atoms with Gasteiger partial charge in [-0.3, -0.25) is 0 Å². The molecule has 1 aromatic carbocycles. The highest BCUT2D eigenvalue weighted by atomic mass is 32.1. The number of hydrogen-bond donors (Lipinski definition) is 0. The van der Waals surface area contributed by atoms with Crippen molar-refractivity contribution in [3.05, 3.63) is 41.3 Å². The maximum Gasteiger partial charge on any atom is 0.114 e. The molecule has 0 amide bonds. The summed E-state index contributed by atoms with van der Waals surface area (Å²) >= 11 is 1.87. The normalized spacial score (nSPS) is 15.0. The molecule has 0 saturated carbocycles. The molecule has 4 rings (SSSR count).